The van der Waals surface area contributed by atoms with E-state index in [4.69, 9.17) is 14.5 Å². The lowest BCUT2D eigenvalue weighted by Gasteiger charge is -2.18. The smallest absolute Gasteiger partial charge is 0.254 e. The zero-order valence-electron chi connectivity index (χ0n) is 21.3. The lowest BCUT2D eigenvalue weighted by molar-refractivity contribution is 0.0784. The third-order valence-electron chi connectivity index (χ3n) is 6.23. The number of aryl methyl sites for hydroxylation is 2. The molecule has 0 aliphatic rings. The van der Waals surface area contributed by atoms with Crippen LogP contribution in [0, 0.1) is 13.8 Å². The van der Waals surface area contributed by atoms with Gasteiger partial charge in [0, 0.05) is 37.5 Å². The molecule has 0 saturated carbocycles. The predicted octanol–water partition coefficient (Wildman–Crippen LogP) is 4.07. The van der Waals surface area contributed by atoms with Gasteiger partial charge in [-0.3, -0.25) is 4.79 Å². The first-order valence-electron chi connectivity index (χ1n) is 12.0. The zero-order valence-corrected chi connectivity index (χ0v) is 21.3. The molecule has 1 amide bonds. The van der Waals surface area contributed by atoms with Crippen LogP contribution in [0.15, 0.2) is 40.9 Å². The molecule has 0 bridgehead atoms. The van der Waals surface area contributed by atoms with E-state index in [1.165, 1.54) is 0 Å². The Balaban J connectivity index is 1.71. The molecule has 0 aliphatic heterocycles. The van der Waals surface area contributed by atoms with Crippen LogP contribution in [0.1, 0.15) is 40.0 Å². The summed E-state index contributed by atoms with van der Waals surface area (Å²) in [6.45, 7) is 7.82. The molecule has 0 spiro atoms. The quantitative estimate of drug-likeness (QED) is 0.302. The van der Waals surface area contributed by atoms with E-state index in [1.54, 1.807) is 36.2 Å². The standard InChI is InChI=1S/C27H32N6O3/c1-6-26-16(2)25(32-36-26)15-33(5)27(35)20-14-24(31-22-8-7-18(34)13-19(20)22)23-10-9-21(17(3)30-23)29-12-11-28-4/h7-10,13-14,28-29,34H,6,11-12,15H2,1-5H3. The number of aromatic nitrogens is 3. The molecule has 3 aromatic heterocycles. The van der Waals surface area contributed by atoms with Gasteiger partial charge in [-0.2, -0.15) is 0 Å². The molecule has 0 atom stereocenters. The Kier molecular flexibility index (Phi) is 7.49. The number of nitrogens with zero attached hydrogens (tertiary/aromatic N) is 4. The SMILES string of the molecule is CCc1onc(CN(C)C(=O)c2cc(-c3ccc(NCCNC)c(C)n3)nc3ccc(O)cc23)c1C. The van der Waals surface area contributed by atoms with E-state index < -0.39 is 0 Å². The van der Waals surface area contributed by atoms with E-state index >= 15 is 0 Å². The molecular weight excluding hydrogens is 456 g/mol. The van der Waals surface area contributed by atoms with Crippen LogP contribution in [0.3, 0.4) is 0 Å². The Morgan fingerprint density at radius 1 is 1.08 bits per heavy atom. The van der Waals surface area contributed by atoms with Crippen molar-refractivity contribution in [2.75, 3.05) is 32.5 Å². The van der Waals surface area contributed by atoms with E-state index in [0.717, 1.165) is 47.9 Å². The van der Waals surface area contributed by atoms with Gasteiger partial charge in [-0.15, -0.1) is 0 Å². The molecule has 0 unspecified atom stereocenters. The number of aromatic hydroxyl groups is 1. The van der Waals surface area contributed by atoms with Crippen LogP contribution < -0.4 is 10.6 Å². The first kappa shape index (κ1) is 25.1. The highest BCUT2D eigenvalue weighted by atomic mass is 16.5. The summed E-state index contributed by atoms with van der Waals surface area (Å²) in [5.74, 6) is 0.675. The van der Waals surface area contributed by atoms with E-state index in [0.29, 0.717) is 34.4 Å². The highest BCUT2D eigenvalue weighted by molar-refractivity contribution is 6.07. The first-order valence-corrected chi connectivity index (χ1v) is 12.0. The molecule has 0 radical (unpaired) electrons. The topological polar surface area (TPSA) is 116 Å². The van der Waals surface area contributed by atoms with Gasteiger partial charge in [0.1, 0.15) is 17.2 Å². The van der Waals surface area contributed by atoms with Crippen molar-refractivity contribution in [2.24, 2.45) is 0 Å². The fraction of sp³-hybridized carbons (Fsp3) is 0.333. The van der Waals surface area contributed by atoms with Gasteiger partial charge >= 0.3 is 0 Å². The summed E-state index contributed by atoms with van der Waals surface area (Å²) in [5.41, 5.74) is 5.75. The molecule has 36 heavy (non-hydrogen) atoms. The van der Waals surface area contributed by atoms with Crippen molar-refractivity contribution in [1.29, 1.82) is 0 Å². The molecular formula is C27H32N6O3. The van der Waals surface area contributed by atoms with Crippen molar-refractivity contribution in [3.63, 3.8) is 0 Å². The number of phenols is 1. The van der Waals surface area contributed by atoms with Crippen molar-refractivity contribution < 1.29 is 14.4 Å². The molecule has 0 fully saturated rings. The normalized spacial score (nSPS) is 11.1. The number of anilines is 1. The fourth-order valence-electron chi connectivity index (χ4n) is 4.12. The third kappa shape index (κ3) is 5.16. The highest BCUT2D eigenvalue weighted by Gasteiger charge is 2.21. The minimum Gasteiger partial charge on any atom is -0.508 e. The first-order chi connectivity index (χ1) is 17.3. The minimum atomic E-state index is -0.211. The van der Waals surface area contributed by atoms with Gasteiger partial charge in [0.2, 0.25) is 0 Å². The molecule has 0 saturated heterocycles. The molecule has 188 valence electrons. The summed E-state index contributed by atoms with van der Waals surface area (Å²) in [5, 5.41) is 21.3. The average molecular weight is 489 g/mol. The number of carbonyl (C=O) groups is 1. The zero-order chi connectivity index (χ0) is 25.8. The number of pyridine rings is 2. The van der Waals surface area contributed by atoms with Gasteiger partial charge in [-0.1, -0.05) is 12.1 Å². The van der Waals surface area contributed by atoms with Gasteiger partial charge in [-0.05, 0) is 57.3 Å². The van der Waals surface area contributed by atoms with Gasteiger partial charge in [0.25, 0.3) is 5.91 Å². The number of fused-ring (bicyclic) bond motifs is 1. The molecule has 3 N–H and O–H groups in total. The number of hydrogen-bond acceptors (Lipinski definition) is 8. The van der Waals surface area contributed by atoms with E-state index in [9.17, 15) is 9.90 Å². The van der Waals surface area contributed by atoms with Crippen LogP contribution >= 0.6 is 0 Å². The number of likely N-dealkylation sites (N-methyl/N-ethyl adjacent to an activating group) is 1. The summed E-state index contributed by atoms with van der Waals surface area (Å²) in [6, 6.07) is 10.5. The Morgan fingerprint density at radius 3 is 2.58 bits per heavy atom. The molecule has 9 heteroatoms. The monoisotopic (exact) mass is 488 g/mol. The summed E-state index contributed by atoms with van der Waals surface area (Å²) in [6.07, 6.45) is 0.740. The van der Waals surface area contributed by atoms with Crippen molar-refractivity contribution >= 4 is 22.5 Å². The summed E-state index contributed by atoms with van der Waals surface area (Å²) in [4.78, 5) is 24.7. The summed E-state index contributed by atoms with van der Waals surface area (Å²) >= 11 is 0. The minimum absolute atomic E-state index is 0.0691. The molecule has 3 heterocycles. The van der Waals surface area contributed by atoms with Crippen molar-refractivity contribution in [3.05, 3.63) is 64.7 Å². The summed E-state index contributed by atoms with van der Waals surface area (Å²) < 4.78 is 5.40. The number of nitrogens with one attached hydrogen (secondary N) is 2. The largest absolute Gasteiger partial charge is 0.508 e. The maximum Gasteiger partial charge on any atom is 0.254 e. The maximum atomic E-state index is 13.6. The number of rotatable bonds is 9. The number of hydrogen-bond donors (Lipinski definition) is 3. The van der Waals surface area contributed by atoms with Crippen LogP contribution in [0.25, 0.3) is 22.3 Å². The van der Waals surface area contributed by atoms with Crippen LogP contribution in [-0.4, -0.2) is 58.2 Å². The van der Waals surface area contributed by atoms with Gasteiger partial charge in [0.15, 0.2) is 0 Å². The lowest BCUT2D eigenvalue weighted by Crippen LogP contribution is -2.27. The van der Waals surface area contributed by atoms with Crippen LogP contribution in [0.4, 0.5) is 5.69 Å². The fourth-order valence-corrected chi connectivity index (χ4v) is 4.12. The second kappa shape index (κ2) is 10.7. The Hall–Kier alpha value is -3.98. The average Bonchev–Trinajstić information content (AvgIpc) is 3.22. The maximum absolute atomic E-state index is 13.6. The third-order valence-corrected chi connectivity index (χ3v) is 6.23. The van der Waals surface area contributed by atoms with Crippen molar-refractivity contribution in [2.45, 2.75) is 33.7 Å². The number of phenolic OH excluding ortho intramolecular Hbond substituents is 1. The second-order valence-electron chi connectivity index (χ2n) is 8.81. The lowest BCUT2D eigenvalue weighted by atomic mass is 10.0. The summed E-state index contributed by atoms with van der Waals surface area (Å²) in [7, 11) is 3.64. The second-order valence-corrected chi connectivity index (χ2v) is 8.81. The predicted molar refractivity (Wildman–Crippen MR) is 140 cm³/mol. The molecule has 4 aromatic rings. The Morgan fingerprint density at radius 2 is 1.89 bits per heavy atom. The van der Waals surface area contributed by atoms with Gasteiger partial charge < -0.3 is 25.2 Å². The van der Waals surface area contributed by atoms with Gasteiger partial charge in [0.05, 0.1) is 40.4 Å². The van der Waals surface area contributed by atoms with Crippen molar-refractivity contribution in [1.82, 2.24) is 25.3 Å². The molecule has 9 nitrogen and oxygen atoms in total. The van der Waals surface area contributed by atoms with Crippen molar-refractivity contribution in [3.8, 4) is 17.1 Å². The number of carbonyl (C=O) groups excluding carboxylic acids is 1. The van der Waals surface area contributed by atoms with E-state index in [2.05, 4.69) is 15.8 Å². The highest BCUT2D eigenvalue weighted by Crippen LogP contribution is 2.29. The van der Waals surface area contributed by atoms with Crippen LogP contribution in [0.2, 0.25) is 0 Å². The molecule has 1 aromatic carbocycles. The Bertz CT molecular complexity index is 1400. The van der Waals surface area contributed by atoms with Crippen LogP contribution in [0.5, 0.6) is 5.75 Å². The molecule has 0 aliphatic carbocycles. The van der Waals surface area contributed by atoms with Gasteiger partial charge in [-0.25, -0.2) is 9.97 Å². The van der Waals surface area contributed by atoms with E-state index in [1.807, 2.05) is 40.0 Å². The van der Waals surface area contributed by atoms with E-state index in [-0.39, 0.29) is 11.7 Å². The van der Waals surface area contributed by atoms with Crippen LogP contribution in [-0.2, 0) is 13.0 Å². The molecule has 4 rings (SSSR count). The Labute approximate surface area is 210 Å². The number of benzene rings is 1. The number of amides is 1.